The SMILES string of the molecule is CCCCOC(=O)[C@@H]1[C@@H](O)CC(c2cn(-c3cc(N4CC[C@H](O)[C@H]4C(=O)OCC(C)C)nc4c(Cl)c(Cl)ccc34)cn2)N1c1cc(-n2ccnc2)c2ccc(Cl)c(Cl)c2n1. The molecule has 2 fully saturated rings. The topological polar surface area (TPSA) is 161 Å². The Morgan fingerprint density at radius 1 is 0.850 bits per heavy atom. The van der Waals surface area contributed by atoms with Crippen molar-refractivity contribution in [3.63, 3.8) is 0 Å². The number of nitrogens with zero attached hydrogens (tertiary/aromatic N) is 8. The second kappa shape index (κ2) is 17.3. The highest BCUT2D eigenvalue weighted by molar-refractivity contribution is 6.45. The van der Waals surface area contributed by atoms with Crippen LogP contribution in [0.1, 0.15) is 58.2 Å². The normalized spacial score (nSPS) is 20.5. The molecule has 0 saturated carbocycles. The van der Waals surface area contributed by atoms with Crippen molar-refractivity contribution in [3.8, 4) is 11.4 Å². The van der Waals surface area contributed by atoms with Crippen LogP contribution < -0.4 is 9.80 Å². The van der Waals surface area contributed by atoms with E-state index in [2.05, 4.69) is 4.98 Å². The molecule has 2 N–H and O–H groups in total. The third-order valence-electron chi connectivity index (χ3n) is 10.9. The Hall–Kier alpha value is -4.70. The molecule has 8 rings (SSSR count). The first kappa shape index (κ1) is 42.0. The van der Waals surface area contributed by atoms with Gasteiger partial charge < -0.3 is 38.6 Å². The summed E-state index contributed by atoms with van der Waals surface area (Å²) < 4.78 is 14.9. The predicted molar refractivity (Wildman–Crippen MR) is 231 cm³/mol. The van der Waals surface area contributed by atoms with E-state index < -0.39 is 42.3 Å². The summed E-state index contributed by atoms with van der Waals surface area (Å²) in [5, 5.41) is 25.0. The average molecular weight is 897 g/mol. The van der Waals surface area contributed by atoms with Gasteiger partial charge in [-0.1, -0.05) is 73.6 Å². The van der Waals surface area contributed by atoms with Crippen molar-refractivity contribution in [3.05, 3.63) is 93.4 Å². The Morgan fingerprint density at radius 3 is 2.15 bits per heavy atom. The number of anilines is 2. The smallest absolute Gasteiger partial charge is 0.331 e. The number of fused-ring (bicyclic) bond motifs is 2. The first-order chi connectivity index (χ1) is 28.9. The summed E-state index contributed by atoms with van der Waals surface area (Å²) in [4.78, 5) is 49.7. The van der Waals surface area contributed by atoms with Gasteiger partial charge in [-0.25, -0.2) is 29.5 Å². The third-order valence-corrected chi connectivity index (χ3v) is 12.4. The number of hydrogen-bond donors (Lipinski definition) is 2. The number of carbonyl (C=O) groups is 2. The van der Waals surface area contributed by atoms with Gasteiger partial charge in [0.15, 0.2) is 12.1 Å². The summed E-state index contributed by atoms with van der Waals surface area (Å²) in [5.74, 6) is -0.356. The molecule has 2 saturated heterocycles. The van der Waals surface area contributed by atoms with E-state index in [1.54, 1.807) is 74.4 Å². The Morgan fingerprint density at radius 2 is 1.50 bits per heavy atom. The molecule has 60 heavy (non-hydrogen) atoms. The zero-order valence-corrected chi connectivity index (χ0v) is 35.9. The van der Waals surface area contributed by atoms with Crippen molar-refractivity contribution >= 4 is 91.8 Å². The second-order valence-corrected chi connectivity index (χ2v) is 17.0. The maximum absolute atomic E-state index is 13.9. The second-order valence-electron chi connectivity index (χ2n) is 15.4. The fourth-order valence-corrected chi connectivity index (χ4v) is 8.62. The molecular weight excluding hydrogens is 854 g/mol. The molecule has 14 nitrogen and oxygen atoms in total. The van der Waals surface area contributed by atoms with Crippen LogP contribution in [-0.2, 0) is 19.1 Å². The number of aliphatic hydroxyl groups excluding tert-OH is 2. The fourth-order valence-electron chi connectivity index (χ4n) is 7.90. The first-order valence-electron chi connectivity index (χ1n) is 19.7. The van der Waals surface area contributed by atoms with Crippen LogP contribution in [0.4, 0.5) is 11.6 Å². The van der Waals surface area contributed by atoms with Gasteiger partial charge in [0.1, 0.15) is 11.6 Å². The number of pyridine rings is 2. The molecule has 0 bridgehead atoms. The van der Waals surface area contributed by atoms with Gasteiger partial charge in [0.05, 0.1) is 92.3 Å². The maximum atomic E-state index is 13.9. The van der Waals surface area contributed by atoms with Crippen molar-refractivity contribution in [2.24, 2.45) is 5.92 Å². The number of hydrogen-bond acceptors (Lipinski definition) is 12. The summed E-state index contributed by atoms with van der Waals surface area (Å²) in [6, 6.07) is 7.74. The van der Waals surface area contributed by atoms with Gasteiger partial charge in [0.25, 0.3) is 0 Å². The van der Waals surface area contributed by atoms with Crippen molar-refractivity contribution in [2.75, 3.05) is 29.6 Å². The lowest BCUT2D eigenvalue weighted by Crippen LogP contribution is -2.44. The molecule has 2 aliphatic rings. The van der Waals surface area contributed by atoms with Crippen LogP contribution in [-0.4, -0.2) is 95.3 Å². The predicted octanol–water partition coefficient (Wildman–Crippen LogP) is 7.93. The van der Waals surface area contributed by atoms with Crippen LogP contribution in [0.15, 0.2) is 67.6 Å². The van der Waals surface area contributed by atoms with E-state index in [-0.39, 0.29) is 40.6 Å². The molecule has 2 aromatic carbocycles. The largest absolute Gasteiger partial charge is 0.464 e. The van der Waals surface area contributed by atoms with Gasteiger partial charge in [-0.2, -0.15) is 0 Å². The highest BCUT2D eigenvalue weighted by Gasteiger charge is 2.48. The number of esters is 2. The van der Waals surface area contributed by atoms with E-state index in [9.17, 15) is 19.8 Å². The van der Waals surface area contributed by atoms with Crippen molar-refractivity contribution in [1.29, 1.82) is 0 Å². The molecule has 6 heterocycles. The molecule has 0 amide bonds. The fraction of sp³-hybridized carbons (Fsp3) is 0.381. The van der Waals surface area contributed by atoms with Crippen LogP contribution in [0.5, 0.6) is 0 Å². The first-order valence-corrected chi connectivity index (χ1v) is 21.2. The summed E-state index contributed by atoms with van der Waals surface area (Å²) in [6.45, 7) is 6.59. The van der Waals surface area contributed by atoms with E-state index >= 15 is 0 Å². The summed E-state index contributed by atoms with van der Waals surface area (Å²) >= 11 is 26.6. The lowest BCUT2D eigenvalue weighted by Gasteiger charge is -2.30. The van der Waals surface area contributed by atoms with Crippen LogP contribution in [0.25, 0.3) is 33.2 Å². The molecule has 1 unspecified atom stereocenters. The zero-order valence-electron chi connectivity index (χ0n) is 32.9. The highest BCUT2D eigenvalue weighted by atomic mass is 35.5. The third kappa shape index (κ3) is 7.85. The minimum absolute atomic E-state index is 0.101. The van der Waals surface area contributed by atoms with Crippen molar-refractivity contribution in [1.82, 2.24) is 29.1 Å². The van der Waals surface area contributed by atoms with E-state index in [1.165, 1.54) is 0 Å². The number of halogens is 4. The van der Waals surface area contributed by atoms with Gasteiger partial charge in [0.2, 0.25) is 0 Å². The number of imidazole rings is 2. The molecular formula is C42H42Cl4N8O6. The molecule has 18 heteroatoms. The number of carbonyl (C=O) groups excluding carboxylic acids is 2. The van der Waals surface area contributed by atoms with E-state index in [0.717, 1.165) is 6.42 Å². The molecule has 314 valence electrons. The van der Waals surface area contributed by atoms with Gasteiger partial charge in [-0.05, 0) is 43.0 Å². The summed E-state index contributed by atoms with van der Waals surface area (Å²) in [7, 11) is 0. The number of rotatable bonds is 12. The van der Waals surface area contributed by atoms with E-state index in [4.69, 9.17) is 70.8 Å². The molecule has 6 aromatic rings. The Labute approximate surface area is 365 Å². The Kier molecular flexibility index (Phi) is 12.1. The minimum Gasteiger partial charge on any atom is -0.464 e. The Bertz CT molecular complexity index is 2570. The standard InChI is InChI=1S/C42H42Cl4N8O6/c1-4-5-14-59-42(58)40-32(56)15-30(54(40)34-17-28(51-13-11-47-20-51)23-6-8-26(44)36(46)38(23)50-34)27-18-52(21-48-27)29-16-33(49-37-24(29)7-9-25(43)35(37)45)53-12-10-31(55)39(53)41(57)60-19-22(2)3/h6-9,11,13,16-18,20-22,30-32,39-40,55-56H,4-5,10,12,14-15,19H2,1-3H3/t30?,31-,32-,39-,40-/m0/s1. The lowest BCUT2D eigenvalue weighted by atomic mass is 10.1. The van der Waals surface area contributed by atoms with Gasteiger partial charge in [-0.15, -0.1) is 0 Å². The highest BCUT2D eigenvalue weighted by Crippen LogP contribution is 2.44. The summed E-state index contributed by atoms with van der Waals surface area (Å²) in [5.41, 5.74) is 2.52. The van der Waals surface area contributed by atoms with Crippen LogP contribution >= 0.6 is 46.4 Å². The van der Waals surface area contributed by atoms with Gasteiger partial charge in [0, 0.05) is 54.5 Å². The Balaban J connectivity index is 1.25. The zero-order chi connectivity index (χ0) is 42.4. The van der Waals surface area contributed by atoms with Crippen molar-refractivity contribution in [2.45, 2.75) is 76.8 Å². The van der Waals surface area contributed by atoms with Gasteiger partial charge >= 0.3 is 11.9 Å². The molecule has 4 aromatic heterocycles. The minimum atomic E-state index is -1.17. The molecule has 2 aliphatic heterocycles. The number of aromatic nitrogens is 6. The van der Waals surface area contributed by atoms with Crippen LogP contribution in [0.3, 0.4) is 0 Å². The molecule has 0 aliphatic carbocycles. The molecule has 0 radical (unpaired) electrons. The quantitative estimate of drug-likeness (QED) is 0.0904. The van der Waals surface area contributed by atoms with E-state index in [1.807, 2.05) is 32.9 Å². The number of benzene rings is 2. The molecule has 5 atom stereocenters. The molecule has 0 spiro atoms. The lowest BCUT2D eigenvalue weighted by molar-refractivity contribution is -0.148. The van der Waals surface area contributed by atoms with Crippen LogP contribution in [0.2, 0.25) is 20.1 Å². The monoisotopic (exact) mass is 894 g/mol. The maximum Gasteiger partial charge on any atom is 0.331 e. The van der Waals surface area contributed by atoms with Crippen molar-refractivity contribution < 1.29 is 29.3 Å². The summed E-state index contributed by atoms with van der Waals surface area (Å²) in [6.07, 6.45) is 8.22. The van der Waals surface area contributed by atoms with Crippen LogP contribution in [0, 0.1) is 5.92 Å². The van der Waals surface area contributed by atoms with E-state index in [0.29, 0.717) is 74.9 Å². The number of unbranched alkanes of at least 4 members (excludes halogenated alkanes) is 1. The average Bonchev–Trinajstić information content (AvgIpc) is 4.06. The number of ether oxygens (including phenoxy) is 2. The number of aliphatic hydroxyl groups is 2. The van der Waals surface area contributed by atoms with Gasteiger partial charge in [-0.3, -0.25) is 0 Å².